The van der Waals surface area contributed by atoms with Crippen LogP contribution >= 0.6 is 0 Å². The number of ether oxygens (including phenoxy) is 1. The number of sulfonamides is 1. The van der Waals surface area contributed by atoms with Gasteiger partial charge in [0.25, 0.3) is 0 Å². The van der Waals surface area contributed by atoms with E-state index in [0.717, 1.165) is 46.8 Å². The monoisotopic (exact) mass is 464 g/mol. The molecular weight excluding hydrogens is 447 g/mol. The molecule has 12 heteroatoms. The second kappa shape index (κ2) is 8.79. The number of carbonyl (C=O) groups is 1. The van der Waals surface area contributed by atoms with Gasteiger partial charge in [0.1, 0.15) is 17.4 Å². The van der Waals surface area contributed by atoms with Gasteiger partial charge in [0, 0.05) is 31.1 Å². The predicted molar refractivity (Wildman–Crippen MR) is 99.6 cm³/mol. The van der Waals surface area contributed by atoms with Crippen molar-refractivity contribution in [3.63, 3.8) is 0 Å². The molecule has 0 atom stereocenters. The molecule has 2 aromatic carbocycles. The molecule has 0 spiro atoms. The fourth-order valence-corrected chi connectivity index (χ4v) is 4.67. The summed E-state index contributed by atoms with van der Waals surface area (Å²) in [6.45, 7) is -0.146. The zero-order valence-corrected chi connectivity index (χ0v) is 16.6. The van der Waals surface area contributed by atoms with Crippen LogP contribution in [-0.4, -0.2) is 38.1 Å². The van der Waals surface area contributed by atoms with Gasteiger partial charge in [-0.3, -0.25) is 4.79 Å². The van der Waals surface area contributed by atoms with E-state index in [4.69, 9.17) is 0 Å². The number of rotatable bonds is 5. The van der Waals surface area contributed by atoms with Gasteiger partial charge >= 0.3 is 6.36 Å². The fraction of sp³-hybridized carbons (Fsp3) is 0.316. The summed E-state index contributed by atoms with van der Waals surface area (Å²) in [6.07, 6.45) is -4.77. The van der Waals surface area contributed by atoms with Gasteiger partial charge < -0.3 is 10.1 Å². The highest BCUT2D eigenvalue weighted by atomic mass is 32.2. The lowest BCUT2D eigenvalue weighted by atomic mass is 9.97. The van der Waals surface area contributed by atoms with E-state index >= 15 is 0 Å². The Bertz CT molecular complexity index is 1070. The summed E-state index contributed by atoms with van der Waals surface area (Å²) < 4.78 is 94.4. The maximum Gasteiger partial charge on any atom is 0.573 e. The van der Waals surface area contributed by atoms with E-state index in [-0.39, 0.29) is 36.5 Å². The van der Waals surface area contributed by atoms with Crippen molar-refractivity contribution in [1.29, 1.82) is 0 Å². The lowest BCUT2D eigenvalue weighted by Gasteiger charge is -2.30. The average Bonchev–Trinajstić information content (AvgIpc) is 2.70. The second-order valence-electron chi connectivity index (χ2n) is 6.81. The third-order valence-electron chi connectivity index (χ3n) is 4.69. The smallest absolute Gasteiger partial charge is 0.406 e. The van der Waals surface area contributed by atoms with Crippen molar-refractivity contribution >= 4 is 21.6 Å². The molecule has 1 aliphatic rings. The molecule has 1 aliphatic heterocycles. The Hall–Kier alpha value is -2.73. The van der Waals surface area contributed by atoms with Gasteiger partial charge in [0.15, 0.2) is 0 Å². The predicted octanol–water partition coefficient (Wildman–Crippen LogP) is 3.90. The van der Waals surface area contributed by atoms with E-state index < -0.39 is 45.6 Å². The van der Waals surface area contributed by atoms with E-state index in [2.05, 4.69) is 10.1 Å². The average molecular weight is 464 g/mol. The van der Waals surface area contributed by atoms with Crippen molar-refractivity contribution in [3.05, 3.63) is 54.1 Å². The number of alkyl halides is 3. The van der Waals surface area contributed by atoms with Crippen LogP contribution in [0.25, 0.3) is 0 Å². The highest BCUT2D eigenvalue weighted by molar-refractivity contribution is 7.89. The molecule has 31 heavy (non-hydrogen) atoms. The van der Waals surface area contributed by atoms with Gasteiger partial charge in [-0.1, -0.05) is 6.07 Å². The Balaban J connectivity index is 1.65. The molecule has 0 aliphatic carbocycles. The van der Waals surface area contributed by atoms with Crippen LogP contribution in [0.1, 0.15) is 12.8 Å². The molecule has 0 aromatic heterocycles. The Morgan fingerprint density at radius 3 is 2.39 bits per heavy atom. The highest BCUT2D eigenvalue weighted by Gasteiger charge is 2.34. The van der Waals surface area contributed by atoms with E-state index in [1.54, 1.807) is 0 Å². The van der Waals surface area contributed by atoms with Crippen LogP contribution in [0.2, 0.25) is 0 Å². The lowest BCUT2D eigenvalue weighted by molar-refractivity contribution is -0.274. The molecular formula is C19H17F5N2O4S. The molecule has 168 valence electrons. The summed E-state index contributed by atoms with van der Waals surface area (Å²) in [6, 6.07) is 6.64. The number of nitrogens with one attached hydrogen (secondary N) is 1. The first-order chi connectivity index (χ1) is 14.5. The molecule has 0 radical (unpaired) electrons. The number of carbonyl (C=O) groups excluding carboxylic acids is 1. The second-order valence-corrected chi connectivity index (χ2v) is 8.75. The molecule has 1 heterocycles. The summed E-state index contributed by atoms with van der Waals surface area (Å²) in [4.78, 5) is 12.0. The topological polar surface area (TPSA) is 75.7 Å². The minimum atomic E-state index is -4.96. The third kappa shape index (κ3) is 5.70. The minimum absolute atomic E-state index is 0.0730. The van der Waals surface area contributed by atoms with Crippen molar-refractivity contribution in [2.75, 3.05) is 18.4 Å². The molecule has 1 saturated heterocycles. The largest absolute Gasteiger partial charge is 0.573 e. The van der Waals surface area contributed by atoms with Gasteiger partial charge in [0.05, 0.1) is 10.6 Å². The van der Waals surface area contributed by atoms with Gasteiger partial charge in [-0.15, -0.1) is 13.2 Å². The third-order valence-corrected chi connectivity index (χ3v) is 6.58. The quantitative estimate of drug-likeness (QED) is 0.681. The summed E-state index contributed by atoms with van der Waals surface area (Å²) in [5.74, 6) is -3.43. The molecule has 1 N–H and O–H groups in total. The molecule has 6 nitrogen and oxygen atoms in total. The van der Waals surface area contributed by atoms with E-state index in [1.165, 1.54) is 0 Å². The SMILES string of the molecule is O=C(Nc1cc(F)ccc1F)C1CCN(S(=O)(=O)c2cccc(OC(F)(F)F)c2)CC1. The van der Waals surface area contributed by atoms with Crippen molar-refractivity contribution in [2.24, 2.45) is 5.92 Å². The molecule has 1 amide bonds. The number of hydrogen-bond donors (Lipinski definition) is 1. The summed E-state index contributed by atoms with van der Waals surface area (Å²) in [5.41, 5.74) is -0.318. The van der Waals surface area contributed by atoms with E-state index in [9.17, 15) is 35.2 Å². The number of halogens is 5. The Morgan fingerprint density at radius 1 is 1.06 bits per heavy atom. The Kier molecular flexibility index (Phi) is 6.51. The van der Waals surface area contributed by atoms with Gasteiger partial charge in [-0.2, -0.15) is 4.31 Å². The summed E-state index contributed by atoms with van der Waals surface area (Å²) >= 11 is 0. The zero-order chi connectivity index (χ0) is 22.8. The van der Waals surface area contributed by atoms with Gasteiger partial charge in [-0.05, 0) is 37.1 Å². The standard InChI is InChI=1S/C19H17F5N2O4S/c20-13-4-5-16(21)17(10-13)25-18(27)12-6-8-26(9-7-12)31(28,29)15-3-1-2-14(11-15)30-19(22,23)24/h1-5,10-12H,6-9H2,(H,25,27). The Labute approximate surface area is 174 Å². The van der Waals surface area contributed by atoms with E-state index in [1.807, 2.05) is 0 Å². The van der Waals surface area contributed by atoms with Crippen LogP contribution in [0.15, 0.2) is 47.4 Å². The first-order valence-corrected chi connectivity index (χ1v) is 10.5. The fourth-order valence-electron chi connectivity index (χ4n) is 3.17. The number of piperidine rings is 1. The first-order valence-electron chi connectivity index (χ1n) is 9.07. The van der Waals surface area contributed by atoms with Gasteiger partial charge in [-0.25, -0.2) is 17.2 Å². The number of hydrogen-bond acceptors (Lipinski definition) is 4. The van der Waals surface area contributed by atoms with Crippen molar-refractivity contribution in [2.45, 2.75) is 24.1 Å². The van der Waals surface area contributed by atoms with Crippen LogP contribution in [0.3, 0.4) is 0 Å². The molecule has 0 unspecified atom stereocenters. The van der Waals surface area contributed by atoms with Crippen LogP contribution in [0.4, 0.5) is 27.6 Å². The molecule has 0 saturated carbocycles. The van der Waals surface area contributed by atoms with Crippen LogP contribution in [-0.2, 0) is 14.8 Å². The molecule has 1 fully saturated rings. The minimum Gasteiger partial charge on any atom is -0.406 e. The normalized spacial score (nSPS) is 16.2. The maximum atomic E-state index is 13.7. The summed E-state index contributed by atoms with van der Waals surface area (Å²) in [5, 5.41) is 2.29. The molecule has 3 rings (SSSR count). The van der Waals surface area contributed by atoms with Crippen LogP contribution in [0, 0.1) is 17.6 Å². The zero-order valence-electron chi connectivity index (χ0n) is 15.8. The van der Waals surface area contributed by atoms with E-state index in [0.29, 0.717) is 0 Å². The van der Waals surface area contributed by atoms with Crippen molar-refractivity contribution in [3.8, 4) is 5.75 Å². The highest BCUT2D eigenvalue weighted by Crippen LogP contribution is 2.29. The van der Waals surface area contributed by atoms with Crippen LogP contribution in [0.5, 0.6) is 5.75 Å². The van der Waals surface area contributed by atoms with Crippen LogP contribution < -0.4 is 10.1 Å². The lowest BCUT2D eigenvalue weighted by Crippen LogP contribution is -2.41. The molecule has 2 aromatic rings. The molecule has 0 bridgehead atoms. The number of benzene rings is 2. The van der Waals surface area contributed by atoms with Gasteiger partial charge in [0.2, 0.25) is 15.9 Å². The van der Waals surface area contributed by atoms with Crippen molar-refractivity contribution in [1.82, 2.24) is 4.31 Å². The maximum absolute atomic E-state index is 13.7. The summed E-state index contributed by atoms with van der Waals surface area (Å²) in [7, 11) is -4.12. The number of anilines is 1. The van der Waals surface area contributed by atoms with Crippen molar-refractivity contribution < 1.29 is 39.9 Å². The number of nitrogens with zero attached hydrogens (tertiary/aromatic N) is 1. The number of amides is 1. The Morgan fingerprint density at radius 2 is 1.74 bits per heavy atom. The first kappa shape index (κ1) is 22.9.